The van der Waals surface area contributed by atoms with E-state index in [1.165, 1.54) is 12.8 Å². The van der Waals surface area contributed by atoms with E-state index in [1.54, 1.807) is 0 Å². The van der Waals surface area contributed by atoms with Crippen LogP contribution in [0.3, 0.4) is 0 Å². The predicted molar refractivity (Wildman–Crippen MR) is 81.4 cm³/mol. The molecule has 3 aliphatic rings. The maximum Gasteiger partial charge on any atom is 0.162 e. The molecule has 1 fully saturated rings. The molecule has 0 bridgehead atoms. The Morgan fingerprint density at radius 1 is 1.14 bits per heavy atom. The van der Waals surface area contributed by atoms with Crippen LogP contribution in [0.4, 0.5) is 0 Å². The van der Waals surface area contributed by atoms with E-state index in [-0.39, 0.29) is 11.3 Å². The predicted octanol–water partition coefficient (Wildman–Crippen LogP) is 2.40. The number of ether oxygens (including phenoxy) is 2. The Balaban J connectivity index is 1.80. The average Bonchev–Trinajstić information content (AvgIpc) is 3.32. The first-order valence-corrected chi connectivity index (χ1v) is 8.96. The molecule has 0 radical (unpaired) electrons. The SMILES string of the molecule is CC1C(NC2CC2)c2cc3c(cc2S(=O)C1C)OCCO3. The van der Waals surface area contributed by atoms with Gasteiger partial charge in [-0.2, -0.15) is 0 Å². The molecule has 0 amide bonds. The molecule has 1 aromatic rings. The van der Waals surface area contributed by atoms with Crippen LogP contribution in [0, 0.1) is 5.92 Å². The van der Waals surface area contributed by atoms with Crippen molar-refractivity contribution in [2.24, 2.45) is 5.92 Å². The molecule has 0 saturated heterocycles. The fourth-order valence-corrected chi connectivity index (χ4v) is 4.79. The fourth-order valence-electron chi connectivity index (χ4n) is 3.20. The van der Waals surface area contributed by atoms with Crippen molar-refractivity contribution in [1.29, 1.82) is 0 Å². The molecule has 0 aromatic heterocycles. The molecule has 0 spiro atoms. The highest BCUT2D eigenvalue weighted by molar-refractivity contribution is 7.85. The minimum atomic E-state index is -0.979. The first-order chi connectivity index (χ1) is 10.1. The molecule has 1 aromatic carbocycles. The molecule has 4 atom stereocenters. The number of fused-ring (bicyclic) bond motifs is 2. The molecular formula is C16H21NO3S. The van der Waals surface area contributed by atoms with Crippen molar-refractivity contribution in [2.75, 3.05) is 13.2 Å². The molecule has 1 N–H and O–H groups in total. The van der Waals surface area contributed by atoms with Gasteiger partial charge in [0.05, 0.1) is 10.8 Å². The normalized spacial score (nSPS) is 34.4. The molecule has 2 aliphatic heterocycles. The lowest BCUT2D eigenvalue weighted by atomic mass is 9.91. The van der Waals surface area contributed by atoms with E-state index in [2.05, 4.69) is 19.2 Å². The third kappa shape index (κ3) is 2.27. The van der Waals surface area contributed by atoms with Crippen molar-refractivity contribution in [3.8, 4) is 11.5 Å². The van der Waals surface area contributed by atoms with Crippen molar-refractivity contribution in [1.82, 2.24) is 5.32 Å². The van der Waals surface area contributed by atoms with E-state index in [9.17, 15) is 4.21 Å². The maximum atomic E-state index is 12.7. The standard InChI is InChI=1S/C16H21NO3S/c1-9-10(2)21(18)15-8-14-13(19-5-6-20-14)7-12(15)16(9)17-11-3-4-11/h7-11,16-17H,3-6H2,1-2H3. The fraction of sp³-hybridized carbons (Fsp3) is 0.625. The summed E-state index contributed by atoms with van der Waals surface area (Å²) in [6.07, 6.45) is 2.50. The summed E-state index contributed by atoms with van der Waals surface area (Å²) >= 11 is 0. The van der Waals surface area contributed by atoms with Gasteiger partial charge in [0.2, 0.25) is 0 Å². The largest absolute Gasteiger partial charge is 0.486 e. The third-order valence-electron chi connectivity index (χ3n) is 4.82. The smallest absolute Gasteiger partial charge is 0.162 e. The summed E-state index contributed by atoms with van der Waals surface area (Å²) in [5.41, 5.74) is 1.13. The molecule has 5 heteroatoms. The van der Waals surface area contributed by atoms with Crippen LogP contribution < -0.4 is 14.8 Å². The van der Waals surface area contributed by atoms with Crippen molar-refractivity contribution in [3.05, 3.63) is 17.7 Å². The van der Waals surface area contributed by atoms with Gasteiger partial charge < -0.3 is 14.8 Å². The average molecular weight is 307 g/mol. The summed E-state index contributed by atoms with van der Waals surface area (Å²) in [6, 6.07) is 4.86. The van der Waals surface area contributed by atoms with Crippen molar-refractivity contribution < 1.29 is 13.7 Å². The Morgan fingerprint density at radius 3 is 2.48 bits per heavy atom. The van der Waals surface area contributed by atoms with Gasteiger partial charge in [0, 0.05) is 28.3 Å². The zero-order valence-corrected chi connectivity index (χ0v) is 13.2. The van der Waals surface area contributed by atoms with Crippen molar-refractivity contribution in [3.63, 3.8) is 0 Å². The lowest BCUT2D eigenvalue weighted by molar-refractivity contribution is 0.170. The first kappa shape index (κ1) is 13.6. The van der Waals surface area contributed by atoms with Crippen LogP contribution >= 0.6 is 0 Å². The second-order valence-corrected chi connectivity index (χ2v) is 8.09. The number of hydrogen-bond acceptors (Lipinski definition) is 4. The monoisotopic (exact) mass is 307 g/mol. The Labute approximate surface area is 127 Å². The second kappa shape index (κ2) is 4.99. The van der Waals surface area contributed by atoms with E-state index in [1.807, 2.05) is 12.1 Å². The minimum absolute atomic E-state index is 0.149. The van der Waals surface area contributed by atoms with Crippen LogP contribution in [0.5, 0.6) is 11.5 Å². The van der Waals surface area contributed by atoms with E-state index < -0.39 is 10.8 Å². The molecule has 1 saturated carbocycles. The quantitative estimate of drug-likeness (QED) is 0.911. The van der Waals surface area contributed by atoms with Crippen LogP contribution in [0.15, 0.2) is 17.0 Å². The van der Waals surface area contributed by atoms with Gasteiger partial charge in [-0.05, 0) is 30.4 Å². The summed E-state index contributed by atoms with van der Waals surface area (Å²) in [6.45, 7) is 5.43. The summed E-state index contributed by atoms with van der Waals surface area (Å²) in [7, 11) is -0.979. The van der Waals surface area contributed by atoms with E-state index in [0.29, 0.717) is 25.2 Å². The highest BCUT2D eigenvalue weighted by Gasteiger charge is 2.40. The molecule has 4 rings (SSSR count). The zero-order chi connectivity index (χ0) is 14.6. The highest BCUT2D eigenvalue weighted by Crippen LogP contribution is 2.45. The lowest BCUT2D eigenvalue weighted by Crippen LogP contribution is -2.40. The van der Waals surface area contributed by atoms with Gasteiger partial charge in [-0.3, -0.25) is 4.21 Å². The second-order valence-electron chi connectivity index (χ2n) is 6.31. The summed E-state index contributed by atoms with van der Waals surface area (Å²) in [5.74, 6) is 1.88. The molecule has 1 aliphatic carbocycles. The van der Waals surface area contributed by atoms with Crippen LogP contribution in [0.25, 0.3) is 0 Å². The van der Waals surface area contributed by atoms with Gasteiger partial charge in [-0.25, -0.2) is 0 Å². The Bertz CT molecular complexity index is 599. The number of benzene rings is 1. The Hall–Kier alpha value is -1.07. The summed E-state index contributed by atoms with van der Waals surface area (Å²) in [4.78, 5) is 0.919. The van der Waals surface area contributed by atoms with Gasteiger partial charge in [-0.15, -0.1) is 0 Å². The van der Waals surface area contributed by atoms with Crippen molar-refractivity contribution in [2.45, 2.75) is 48.9 Å². The Morgan fingerprint density at radius 2 is 1.81 bits per heavy atom. The molecular weight excluding hydrogens is 286 g/mol. The summed E-state index contributed by atoms with van der Waals surface area (Å²) < 4.78 is 24.1. The maximum absolute atomic E-state index is 12.7. The van der Waals surface area contributed by atoms with Gasteiger partial charge in [-0.1, -0.05) is 13.8 Å². The molecule has 114 valence electrons. The molecule has 4 unspecified atom stereocenters. The van der Waals surface area contributed by atoms with E-state index in [4.69, 9.17) is 9.47 Å². The van der Waals surface area contributed by atoms with Gasteiger partial charge in [0.25, 0.3) is 0 Å². The van der Waals surface area contributed by atoms with Gasteiger partial charge in [0.1, 0.15) is 13.2 Å². The number of nitrogens with one attached hydrogen (secondary N) is 1. The van der Waals surface area contributed by atoms with Crippen LogP contribution in [0.1, 0.15) is 38.3 Å². The molecule has 2 heterocycles. The molecule has 4 nitrogen and oxygen atoms in total. The number of hydrogen-bond donors (Lipinski definition) is 1. The number of rotatable bonds is 2. The lowest BCUT2D eigenvalue weighted by Gasteiger charge is -2.37. The van der Waals surface area contributed by atoms with Crippen LogP contribution in [-0.4, -0.2) is 28.7 Å². The van der Waals surface area contributed by atoms with Crippen molar-refractivity contribution >= 4 is 10.8 Å². The van der Waals surface area contributed by atoms with Gasteiger partial charge in [0.15, 0.2) is 11.5 Å². The highest BCUT2D eigenvalue weighted by atomic mass is 32.2. The van der Waals surface area contributed by atoms with E-state index in [0.717, 1.165) is 22.0 Å². The molecule has 21 heavy (non-hydrogen) atoms. The third-order valence-corrected chi connectivity index (χ3v) is 6.71. The van der Waals surface area contributed by atoms with Gasteiger partial charge >= 0.3 is 0 Å². The zero-order valence-electron chi connectivity index (χ0n) is 12.4. The van der Waals surface area contributed by atoms with Crippen LogP contribution in [0.2, 0.25) is 0 Å². The minimum Gasteiger partial charge on any atom is -0.486 e. The summed E-state index contributed by atoms with van der Waals surface area (Å²) in [5, 5.41) is 3.88. The topological polar surface area (TPSA) is 47.6 Å². The Kier molecular flexibility index (Phi) is 3.23. The van der Waals surface area contributed by atoms with Crippen LogP contribution in [-0.2, 0) is 10.8 Å². The first-order valence-electron chi connectivity index (χ1n) is 7.75. The van der Waals surface area contributed by atoms with E-state index >= 15 is 0 Å².